The average Bonchev–Trinajstić information content (AvgIpc) is 3.41. The summed E-state index contributed by atoms with van der Waals surface area (Å²) in [5.41, 5.74) is 3.67. The monoisotopic (exact) mass is 566 g/mol. The maximum atomic E-state index is 15.2. The van der Waals surface area contributed by atoms with Gasteiger partial charge in [0.2, 0.25) is 5.91 Å². The standard InChI is InChI=1S/C32H31FN6O3/c1-5-23(40)37-14-32(15-37)16-38(17-32)29-24-28-21(11-13-42-28)26(20-8-6-7-9-22(20)33)35-30(24)39(31(41)36-29)27-19(4)10-12-34-25(27)18(2)3/h5-10,12,18H,1,11,13-17H2,2-4H3. The number of aromatic nitrogens is 4. The number of likely N-dealkylation sites (tertiary alicyclic amines) is 1. The van der Waals surface area contributed by atoms with Gasteiger partial charge in [0.25, 0.3) is 0 Å². The molecule has 1 spiro atoms. The molecule has 3 aliphatic heterocycles. The lowest BCUT2D eigenvalue weighted by Crippen LogP contribution is -2.73. The van der Waals surface area contributed by atoms with E-state index in [1.54, 1.807) is 29.3 Å². The van der Waals surface area contributed by atoms with Crippen LogP contribution in [-0.4, -0.2) is 63.1 Å². The van der Waals surface area contributed by atoms with Crippen molar-refractivity contribution in [2.45, 2.75) is 33.1 Å². The van der Waals surface area contributed by atoms with Crippen molar-refractivity contribution in [2.75, 3.05) is 37.7 Å². The number of pyridine rings is 2. The molecule has 42 heavy (non-hydrogen) atoms. The Labute approximate surface area is 242 Å². The van der Waals surface area contributed by atoms with E-state index in [0.717, 1.165) is 16.8 Å². The van der Waals surface area contributed by atoms with E-state index < -0.39 is 11.5 Å². The molecule has 0 atom stereocenters. The van der Waals surface area contributed by atoms with Crippen LogP contribution in [0.3, 0.4) is 0 Å². The van der Waals surface area contributed by atoms with Gasteiger partial charge >= 0.3 is 5.69 Å². The summed E-state index contributed by atoms with van der Waals surface area (Å²) < 4.78 is 22.9. The van der Waals surface area contributed by atoms with Gasteiger partial charge in [0.15, 0.2) is 5.65 Å². The Bertz CT molecular complexity index is 1850. The van der Waals surface area contributed by atoms with Gasteiger partial charge in [-0.2, -0.15) is 4.98 Å². The second-order valence-corrected chi connectivity index (χ2v) is 11.9. The van der Waals surface area contributed by atoms with Gasteiger partial charge in [-0.05, 0) is 42.7 Å². The third-order valence-corrected chi connectivity index (χ3v) is 8.60. The summed E-state index contributed by atoms with van der Waals surface area (Å²) in [7, 11) is 0. The first-order chi connectivity index (χ1) is 20.2. The summed E-state index contributed by atoms with van der Waals surface area (Å²) in [6.45, 7) is 12.6. The van der Waals surface area contributed by atoms with Crippen LogP contribution in [0.4, 0.5) is 10.2 Å². The molecule has 0 N–H and O–H groups in total. The molecule has 1 aromatic carbocycles. The van der Waals surface area contributed by atoms with E-state index in [0.29, 0.717) is 78.8 Å². The van der Waals surface area contributed by atoms with E-state index in [9.17, 15) is 9.59 Å². The predicted molar refractivity (Wildman–Crippen MR) is 158 cm³/mol. The van der Waals surface area contributed by atoms with E-state index in [2.05, 4.69) is 21.4 Å². The Morgan fingerprint density at radius 3 is 2.62 bits per heavy atom. The van der Waals surface area contributed by atoms with Gasteiger partial charge in [-0.1, -0.05) is 32.6 Å². The third-order valence-electron chi connectivity index (χ3n) is 8.60. The van der Waals surface area contributed by atoms with Gasteiger partial charge in [0.1, 0.15) is 22.8 Å². The number of hydrogen-bond donors (Lipinski definition) is 0. The molecule has 4 aromatic rings. The summed E-state index contributed by atoms with van der Waals surface area (Å²) in [5, 5.41) is 0.633. The molecule has 3 aromatic heterocycles. The highest BCUT2D eigenvalue weighted by atomic mass is 19.1. The molecule has 6 heterocycles. The highest BCUT2D eigenvalue weighted by molar-refractivity contribution is 5.98. The first kappa shape index (κ1) is 26.3. The van der Waals surface area contributed by atoms with Crippen LogP contribution in [0.15, 0.2) is 54.0 Å². The number of hydrogen-bond acceptors (Lipinski definition) is 7. The Morgan fingerprint density at radius 1 is 1.14 bits per heavy atom. The Morgan fingerprint density at radius 2 is 1.90 bits per heavy atom. The number of carbonyl (C=O) groups excluding carboxylic acids is 1. The van der Waals surface area contributed by atoms with Crippen LogP contribution in [0.2, 0.25) is 0 Å². The fraction of sp³-hybridized carbons (Fsp3) is 0.344. The Hall–Kier alpha value is -4.60. The van der Waals surface area contributed by atoms with Crippen LogP contribution >= 0.6 is 0 Å². The lowest BCUT2D eigenvalue weighted by Gasteiger charge is -2.60. The molecular weight excluding hydrogens is 535 g/mol. The van der Waals surface area contributed by atoms with Crippen LogP contribution in [0.1, 0.15) is 36.6 Å². The minimum absolute atomic E-state index is 0.0216. The number of amides is 1. The van der Waals surface area contributed by atoms with Crippen molar-refractivity contribution >= 4 is 22.8 Å². The first-order valence-corrected chi connectivity index (χ1v) is 14.2. The van der Waals surface area contributed by atoms with Gasteiger partial charge in [0, 0.05) is 55.3 Å². The summed E-state index contributed by atoms with van der Waals surface area (Å²) in [4.78, 5) is 44.3. The average molecular weight is 567 g/mol. The molecule has 1 amide bonds. The van der Waals surface area contributed by atoms with E-state index in [-0.39, 0.29) is 17.2 Å². The van der Waals surface area contributed by atoms with Crippen molar-refractivity contribution in [1.29, 1.82) is 0 Å². The Balaban J connectivity index is 1.47. The van der Waals surface area contributed by atoms with E-state index >= 15 is 4.39 Å². The van der Waals surface area contributed by atoms with Crippen LogP contribution < -0.4 is 15.3 Å². The molecule has 214 valence electrons. The van der Waals surface area contributed by atoms with E-state index in [4.69, 9.17) is 9.72 Å². The van der Waals surface area contributed by atoms with Crippen molar-refractivity contribution in [3.8, 4) is 22.7 Å². The molecule has 3 aliphatic rings. The van der Waals surface area contributed by atoms with Gasteiger partial charge < -0.3 is 14.5 Å². The molecular formula is C32H31FN6O3. The van der Waals surface area contributed by atoms with Crippen molar-refractivity contribution in [1.82, 2.24) is 24.4 Å². The largest absolute Gasteiger partial charge is 0.492 e. The fourth-order valence-corrected chi connectivity index (χ4v) is 6.64. The number of aryl methyl sites for hydroxylation is 1. The first-order valence-electron chi connectivity index (χ1n) is 14.2. The molecule has 0 aliphatic carbocycles. The topological polar surface area (TPSA) is 93.5 Å². The number of fused-ring (bicyclic) bond motifs is 3. The minimum atomic E-state index is -0.488. The normalized spacial score (nSPS) is 16.8. The Kier molecular flexibility index (Phi) is 5.93. The maximum Gasteiger partial charge on any atom is 0.355 e. The van der Waals surface area contributed by atoms with E-state index in [1.165, 1.54) is 16.7 Å². The molecule has 0 radical (unpaired) electrons. The van der Waals surface area contributed by atoms with Crippen molar-refractivity contribution in [3.05, 3.63) is 82.3 Å². The second kappa shape index (κ2) is 9.47. The van der Waals surface area contributed by atoms with Crippen LogP contribution in [0.25, 0.3) is 28.0 Å². The maximum absolute atomic E-state index is 15.2. The zero-order valence-electron chi connectivity index (χ0n) is 23.9. The molecule has 2 fully saturated rings. The zero-order valence-corrected chi connectivity index (χ0v) is 23.9. The fourth-order valence-electron chi connectivity index (χ4n) is 6.64. The van der Waals surface area contributed by atoms with E-state index in [1.807, 2.05) is 26.8 Å². The molecule has 0 bridgehead atoms. The number of ether oxygens (including phenoxy) is 1. The lowest BCUT2D eigenvalue weighted by molar-refractivity contribution is -0.139. The smallest absolute Gasteiger partial charge is 0.355 e. The number of nitrogens with zero attached hydrogens (tertiary/aromatic N) is 6. The summed E-state index contributed by atoms with van der Waals surface area (Å²) >= 11 is 0. The minimum Gasteiger partial charge on any atom is -0.492 e. The molecule has 2 saturated heterocycles. The predicted octanol–water partition coefficient (Wildman–Crippen LogP) is 4.18. The second-order valence-electron chi connectivity index (χ2n) is 11.9. The lowest BCUT2D eigenvalue weighted by atomic mass is 9.72. The van der Waals surface area contributed by atoms with Gasteiger partial charge in [-0.25, -0.2) is 18.7 Å². The quantitative estimate of drug-likeness (QED) is 0.335. The van der Waals surface area contributed by atoms with Gasteiger partial charge in [0.05, 0.1) is 23.7 Å². The molecule has 0 unspecified atom stereocenters. The van der Waals surface area contributed by atoms with Crippen LogP contribution in [0.5, 0.6) is 5.75 Å². The summed E-state index contributed by atoms with van der Waals surface area (Å²) in [6.07, 6.45) is 3.64. The van der Waals surface area contributed by atoms with Gasteiger partial charge in [-0.15, -0.1) is 0 Å². The van der Waals surface area contributed by atoms with Crippen LogP contribution in [-0.2, 0) is 11.2 Å². The van der Waals surface area contributed by atoms with Crippen LogP contribution in [0, 0.1) is 18.2 Å². The number of benzene rings is 1. The highest BCUT2D eigenvalue weighted by Crippen LogP contribution is 2.47. The van der Waals surface area contributed by atoms with Crippen molar-refractivity contribution in [2.24, 2.45) is 5.41 Å². The highest BCUT2D eigenvalue weighted by Gasteiger charge is 2.53. The third kappa shape index (κ3) is 3.84. The molecule has 0 saturated carbocycles. The van der Waals surface area contributed by atoms with Gasteiger partial charge in [-0.3, -0.25) is 9.78 Å². The number of halogens is 1. The molecule has 9 nitrogen and oxygen atoms in total. The molecule has 10 heteroatoms. The SMILES string of the molecule is C=CC(=O)N1CC2(C1)CN(c1nc(=O)n(-c3c(C)ccnc3C(C)C)c3nc(-c4ccccc4F)c4c(c13)OCC4)C2. The summed E-state index contributed by atoms with van der Waals surface area (Å²) in [6, 6.07) is 8.40. The number of anilines is 1. The van der Waals surface area contributed by atoms with Crippen molar-refractivity contribution < 1.29 is 13.9 Å². The zero-order chi connectivity index (χ0) is 29.3. The number of carbonyl (C=O) groups is 1. The molecule has 7 rings (SSSR count). The summed E-state index contributed by atoms with van der Waals surface area (Å²) in [5.74, 6) is 0.640. The van der Waals surface area contributed by atoms with Crippen molar-refractivity contribution in [3.63, 3.8) is 0 Å². The number of rotatable bonds is 5.